The molecule has 0 aromatic carbocycles. The zero-order valence-electron chi connectivity index (χ0n) is 27.0. The quantitative estimate of drug-likeness (QED) is 0.0387. The Hall–Kier alpha value is -4.61. The minimum absolute atomic E-state index is 0.126. The molecule has 268 valence electrons. The maximum absolute atomic E-state index is 14.6. The van der Waals surface area contributed by atoms with Crippen LogP contribution in [-0.4, -0.2) is 138 Å². The van der Waals surface area contributed by atoms with Crippen LogP contribution >= 0.6 is 7.75 Å². The fourth-order valence-corrected chi connectivity index (χ4v) is 7.16. The van der Waals surface area contributed by atoms with Gasteiger partial charge in [0.2, 0.25) is 0 Å². The summed E-state index contributed by atoms with van der Waals surface area (Å²) in [4.78, 5) is 28.9. The molecule has 0 bridgehead atoms. The van der Waals surface area contributed by atoms with Gasteiger partial charge in [-0.1, -0.05) is 0 Å². The third-order valence-corrected chi connectivity index (χ3v) is 9.46. The molecule has 2 aliphatic heterocycles. The standard InChI is InChI=1S/C25H34N15O9P/c1-38(2)25(35-37-28)36-50(43,46-6-12-15(42)17(44-3)23(48-12)39-9-33-13-19(26)29-7-31-21(13)39)49-16-11(5-41)47-24(18(16)45-4)40-10-34-14-20(27)30-8-32-22(14)40/h7-12,15-18,23-24,41-42H,5-6H2,1-4H3,(H2,26,29,31)(H2,27,30,32)/b36-25+/t11-,12-,15-,16-,17-,18-,23-,24-,50?/m1/s1. The van der Waals surface area contributed by atoms with Crippen LogP contribution in [0.2, 0.25) is 0 Å². The number of nitrogens with zero attached hydrogens (tertiary/aromatic N) is 13. The predicted molar refractivity (Wildman–Crippen MR) is 171 cm³/mol. The number of aromatic nitrogens is 8. The van der Waals surface area contributed by atoms with E-state index >= 15 is 0 Å². The van der Waals surface area contributed by atoms with Crippen molar-refractivity contribution in [3.05, 3.63) is 35.8 Å². The number of nitrogen functional groups attached to an aromatic ring is 2. The van der Waals surface area contributed by atoms with Crippen molar-refractivity contribution in [1.82, 2.24) is 43.9 Å². The minimum atomic E-state index is -4.75. The maximum Gasteiger partial charge on any atom is 0.456 e. The van der Waals surface area contributed by atoms with Gasteiger partial charge < -0.3 is 45.5 Å². The zero-order valence-corrected chi connectivity index (χ0v) is 27.9. The van der Waals surface area contributed by atoms with E-state index < -0.39 is 70.0 Å². The van der Waals surface area contributed by atoms with E-state index in [2.05, 4.69) is 44.7 Å². The van der Waals surface area contributed by atoms with E-state index in [-0.39, 0.29) is 17.6 Å². The molecule has 6 rings (SSSR count). The number of ether oxygens (including phenoxy) is 4. The monoisotopic (exact) mass is 719 g/mol. The summed E-state index contributed by atoms with van der Waals surface area (Å²) in [6.07, 6.45) is -3.66. The summed E-state index contributed by atoms with van der Waals surface area (Å²) in [5.74, 6) is -0.0981. The molecular weight excluding hydrogens is 685 g/mol. The van der Waals surface area contributed by atoms with Crippen LogP contribution in [0.15, 0.2) is 35.2 Å². The lowest BCUT2D eigenvalue weighted by Crippen LogP contribution is -2.37. The van der Waals surface area contributed by atoms with Crippen LogP contribution in [0.25, 0.3) is 32.8 Å². The zero-order chi connectivity index (χ0) is 35.7. The van der Waals surface area contributed by atoms with Gasteiger partial charge in [-0.25, -0.2) is 34.5 Å². The Bertz CT molecular complexity index is 1970. The molecule has 0 spiro atoms. The average Bonchev–Trinajstić information content (AvgIpc) is 3.87. The number of aliphatic hydroxyl groups excluding tert-OH is 2. The van der Waals surface area contributed by atoms with E-state index in [1.807, 2.05) is 0 Å². The van der Waals surface area contributed by atoms with Crippen LogP contribution in [0.1, 0.15) is 12.5 Å². The van der Waals surface area contributed by atoms with Gasteiger partial charge in [-0.15, -0.1) is 0 Å². The van der Waals surface area contributed by atoms with Crippen molar-refractivity contribution >= 4 is 47.7 Å². The molecule has 0 aliphatic carbocycles. The van der Waals surface area contributed by atoms with Gasteiger partial charge in [-0.2, -0.15) is 4.76 Å². The molecule has 6 N–H and O–H groups in total. The van der Waals surface area contributed by atoms with E-state index in [0.29, 0.717) is 22.3 Å². The number of anilines is 2. The Morgan fingerprint density at radius 3 is 2.04 bits per heavy atom. The first-order valence-electron chi connectivity index (χ1n) is 14.8. The molecule has 50 heavy (non-hydrogen) atoms. The molecule has 0 radical (unpaired) electrons. The highest BCUT2D eigenvalue weighted by Gasteiger charge is 2.52. The number of nitrogens with two attached hydrogens (primary N) is 2. The van der Waals surface area contributed by atoms with Gasteiger partial charge in [0.05, 0.1) is 25.9 Å². The predicted octanol–water partition coefficient (Wildman–Crippen LogP) is -0.254. The molecule has 9 atom stereocenters. The van der Waals surface area contributed by atoms with Gasteiger partial charge in [0.25, 0.3) is 0 Å². The lowest BCUT2D eigenvalue weighted by Gasteiger charge is -2.27. The van der Waals surface area contributed by atoms with E-state index in [1.165, 1.54) is 67.7 Å². The summed E-state index contributed by atoms with van der Waals surface area (Å²) >= 11 is 0. The number of azide groups is 1. The van der Waals surface area contributed by atoms with Gasteiger partial charge in [-0.3, -0.25) is 18.2 Å². The number of rotatable bonds is 11. The Morgan fingerprint density at radius 2 is 1.52 bits per heavy atom. The van der Waals surface area contributed by atoms with Crippen LogP contribution in [0.4, 0.5) is 11.6 Å². The maximum atomic E-state index is 14.6. The summed E-state index contributed by atoms with van der Waals surface area (Å²) in [5.41, 5.74) is 22.3. The summed E-state index contributed by atoms with van der Waals surface area (Å²) in [6.45, 7) is -1.18. The highest BCUT2D eigenvalue weighted by atomic mass is 31.2. The van der Waals surface area contributed by atoms with Crippen molar-refractivity contribution in [2.45, 2.75) is 49.1 Å². The molecule has 2 fully saturated rings. The number of fused-ring (bicyclic) bond motifs is 2. The molecule has 4 aromatic heterocycles. The highest BCUT2D eigenvalue weighted by Crippen LogP contribution is 2.55. The summed E-state index contributed by atoms with van der Waals surface area (Å²) < 4.78 is 57.0. The van der Waals surface area contributed by atoms with Crippen molar-refractivity contribution in [3.8, 4) is 0 Å². The van der Waals surface area contributed by atoms with Crippen LogP contribution in [0.5, 0.6) is 0 Å². The first-order chi connectivity index (χ1) is 24.0. The number of hydrogen-bond acceptors (Lipinski definition) is 17. The molecule has 4 aromatic rings. The first-order valence-corrected chi connectivity index (χ1v) is 16.3. The second-order valence-electron chi connectivity index (χ2n) is 11.2. The number of methoxy groups -OCH3 is 2. The van der Waals surface area contributed by atoms with Crippen LogP contribution in [0.3, 0.4) is 0 Å². The van der Waals surface area contributed by atoms with Gasteiger partial charge >= 0.3 is 7.75 Å². The van der Waals surface area contributed by atoms with E-state index in [0.717, 1.165) is 0 Å². The van der Waals surface area contributed by atoms with Crippen LogP contribution in [0, 0.1) is 0 Å². The second kappa shape index (κ2) is 14.3. The Kier molecular flexibility index (Phi) is 10.1. The topological polar surface area (TPSA) is 317 Å². The van der Waals surface area contributed by atoms with Gasteiger partial charge in [-0.05, 0) is 10.6 Å². The van der Waals surface area contributed by atoms with E-state index in [1.54, 1.807) is 0 Å². The molecule has 2 saturated heterocycles. The van der Waals surface area contributed by atoms with Crippen molar-refractivity contribution in [1.29, 1.82) is 0 Å². The Balaban J connectivity index is 1.30. The molecular formula is C25H34N15O9P. The Labute approximate surface area is 282 Å². The minimum Gasteiger partial charge on any atom is -0.394 e. The molecule has 25 heteroatoms. The number of imidazole rings is 2. The van der Waals surface area contributed by atoms with Gasteiger partial charge in [0.15, 0.2) is 41.3 Å². The first kappa shape index (κ1) is 35.2. The van der Waals surface area contributed by atoms with Crippen LogP contribution < -0.4 is 11.5 Å². The van der Waals surface area contributed by atoms with Crippen LogP contribution in [-0.2, 0) is 32.6 Å². The lowest BCUT2D eigenvalue weighted by atomic mass is 10.1. The third-order valence-electron chi connectivity index (χ3n) is 8.05. The average molecular weight is 720 g/mol. The highest BCUT2D eigenvalue weighted by molar-refractivity contribution is 7.52. The largest absolute Gasteiger partial charge is 0.456 e. The van der Waals surface area contributed by atoms with E-state index in [4.69, 9.17) is 45.0 Å². The fourth-order valence-electron chi connectivity index (χ4n) is 5.66. The van der Waals surface area contributed by atoms with Crippen molar-refractivity contribution in [2.24, 2.45) is 9.88 Å². The van der Waals surface area contributed by atoms with Crippen molar-refractivity contribution in [3.63, 3.8) is 0 Å². The molecule has 1 unspecified atom stereocenters. The van der Waals surface area contributed by atoms with Gasteiger partial charge in [0, 0.05) is 33.2 Å². The van der Waals surface area contributed by atoms with Gasteiger partial charge in [0.1, 0.15) is 60.3 Å². The molecule has 6 heterocycles. The number of guanidine groups is 1. The molecule has 0 saturated carbocycles. The summed E-state index contributed by atoms with van der Waals surface area (Å²) in [6, 6.07) is 0. The molecule has 2 aliphatic rings. The summed E-state index contributed by atoms with van der Waals surface area (Å²) in [7, 11) is 0.953. The van der Waals surface area contributed by atoms with E-state index in [9.17, 15) is 14.8 Å². The fraction of sp³-hybridized carbons (Fsp3) is 0.560. The summed E-state index contributed by atoms with van der Waals surface area (Å²) in [5, 5.41) is 25.0. The van der Waals surface area contributed by atoms with Crippen molar-refractivity contribution in [2.75, 3.05) is 53.0 Å². The SMILES string of the molecule is CO[C@@H]1[C@H](O)[C@@H](COP(=O)(/N=C(\N=[N+]=[N-])N(C)C)O[C@H]2[C@@H](OC)[C@H](n3cnc4c(N)ncnc43)O[C@@H]2CO)O[C@H]1n1cnc2c(N)ncnc21. The Morgan fingerprint density at radius 1 is 0.960 bits per heavy atom. The molecule has 24 nitrogen and oxygen atoms in total. The normalized spacial score (nSPS) is 28.2. The lowest BCUT2D eigenvalue weighted by molar-refractivity contribution is -0.0593. The smallest absolute Gasteiger partial charge is 0.394 e. The van der Waals surface area contributed by atoms with Crippen molar-refractivity contribution < 1.29 is 42.8 Å². The number of aliphatic hydroxyl groups is 2. The third kappa shape index (κ3) is 6.40. The second-order valence-corrected chi connectivity index (χ2v) is 12.8. The molecule has 0 amide bonds. The number of hydrogen-bond donors (Lipinski definition) is 4.